The van der Waals surface area contributed by atoms with Crippen molar-refractivity contribution in [3.63, 3.8) is 0 Å². The Bertz CT molecular complexity index is 952. The molecule has 0 bridgehead atoms. The summed E-state index contributed by atoms with van der Waals surface area (Å²) < 4.78 is 11.1. The van der Waals surface area contributed by atoms with E-state index in [4.69, 9.17) is 9.15 Å². The maximum Gasteiger partial charge on any atom is 0.266 e. The third kappa shape index (κ3) is 4.37. The van der Waals surface area contributed by atoms with Crippen molar-refractivity contribution < 1.29 is 13.9 Å². The quantitative estimate of drug-likeness (QED) is 0.636. The lowest BCUT2D eigenvalue weighted by molar-refractivity contribution is -0.131. The molecule has 150 valence electrons. The Balaban J connectivity index is 1.29. The van der Waals surface area contributed by atoms with E-state index in [1.165, 1.54) is 0 Å². The molecule has 1 fully saturated rings. The normalized spacial score (nSPS) is 14.1. The molecule has 1 amide bonds. The number of benzene rings is 1. The fourth-order valence-corrected chi connectivity index (χ4v) is 3.41. The number of rotatable bonds is 6. The number of carbonyl (C=O) groups is 1. The number of carbonyl (C=O) groups excluding carboxylic acids is 1. The van der Waals surface area contributed by atoms with Crippen molar-refractivity contribution in [2.45, 2.75) is 12.8 Å². The van der Waals surface area contributed by atoms with Crippen molar-refractivity contribution in [1.82, 2.24) is 20.1 Å². The monoisotopic (exact) mass is 393 g/mol. The van der Waals surface area contributed by atoms with Crippen LogP contribution in [0.5, 0.6) is 5.75 Å². The number of aryl methyl sites for hydroxylation is 1. The molecule has 8 heteroatoms. The van der Waals surface area contributed by atoms with Gasteiger partial charge in [0, 0.05) is 45.2 Å². The van der Waals surface area contributed by atoms with Gasteiger partial charge in [0.25, 0.3) is 5.89 Å². The van der Waals surface area contributed by atoms with E-state index in [9.17, 15) is 4.79 Å². The molecule has 0 aliphatic carbocycles. The molecule has 0 saturated carbocycles. The number of piperazine rings is 1. The van der Waals surface area contributed by atoms with Gasteiger partial charge in [0.05, 0.1) is 12.8 Å². The second-order valence-electron chi connectivity index (χ2n) is 6.76. The van der Waals surface area contributed by atoms with Crippen molar-refractivity contribution in [1.29, 1.82) is 0 Å². The van der Waals surface area contributed by atoms with Crippen molar-refractivity contribution in [3.8, 4) is 17.3 Å². The molecule has 0 radical (unpaired) electrons. The van der Waals surface area contributed by atoms with Gasteiger partial charge in [-0.05, 0) is 24.3 Å². The molecule has 3 aromatic rings. The molecule has 0 atom stereocenters. The standard InChI is InChI=1S/C21H23N5O3/c1-28-18-8-3-2-7-17(18)25-12-14-26(15-13-25)20(27)10-9-19-23-24-21(29-19)16-6-4-5-11-22-16/h2-8,11H,9-10,12-15H2,1H3. The molecule has 0 unspecified atom stereocenters. The van der Waals surface area contributed by atoms with Crippen LogP contribution in [-0.4, -0.2) is 59.3 Å². The first-order chi connectivity index (χ1) is 14.2. The zero-order chi connectivity index (χ0) is 20.1. The molecule has 1 aliphatic rings. The molecule has 8 nitrogen and oxygen atoms in total. The second kappa shape index (κ2) is 8.72. The summed E-state index contributed by atoms with van der Waals surface area (Å²) in [7, 11) is 1.68. The van der Waals surface area contributed by atoms with Gasteiger partial charge in [-0.15, -0.1) is 10.2 Å². The molecule has 1 aliphatic heterocycles. The van der Waals surface area contributed by atoms with Crippen LogP contribution in [0.15, 0.2) is 53.1 Å². The largest absolute Gasteiger partial charge is 0.495 e. The van der Waals surface area contributed by atoms with E-state index >= 15 is 0 Å². The lowest BCUT2D eigenvalue weighted by atomic mass is 10.2. The van der Waals surface area contributed by atoms with Crippen LogP contribution in [0.25, 0.3) is 11.6 Å². The first-order valence-corrected chi connectivity index (χ1v) is 9.64. The van der Waals surface area contributed by atoms with Crippen LogP contribution in [0.4, 0.5) is 5.69 Å². The first-order valence-electron chi connectivity index (χ1n) is 9.64. The van der Waals surface area contributed by atoms with E-state index in [0.717, 1.165) is 24.5 Å². The number of anilines is 1. The van der Waals surface area contributed by atoms with Gasteiger partial charge in [0.1, 0.15) is 11.4 Å². The lowest BCUT2D eigenvalue weighted by Crippen LogP contribution is -2.48. The molecular formula is C21H23N5O3. The summed E-state index contributed by atoms with van der Waals surface area (Å²) in [4.78, 5) is 20.9. The third-order valence-corrected chi connectivity index (χ3v) is 4.96. The molecule has 1 aromatic carbocycles. The molecule has 3 heterocycles. The van der Waals surface area contributed by atoms with Gasteiger partial charge in [-0.2, -0.15) is 0 Å². The highest BCUT2D eigenvalue weighted by molar-refractivity contribution is 5.76. The van der Waals surface area contributed by atoms with Crippen molar-refractivity contribution >= 4 is 11.6 Å². The van der Waals surface area contributed by atoms with Gasteiger partial charge in [0.2, 0.25) is 11.8 Å². The average Bonchev–Trinajstić information content (AvgIpc) is 3.27. The first kappa shape index (κ1) is 18.9. The molecular weight excluding hydrogens is 370 g/mol. The van der Waals surface area contributed by atoms with Crippen LogP contribution < -0.4 is 9.64 Å². The topological polar surface area (TPSA) is 84.6 Å². The highest BCUT2D eigenvalue weighted by Crippen LogP contribution is 2.28. The van der Waals surface area contributed by atoms with Gasteiger partial charge in [-0.3, -0.25) is 9.78 Å². The maximum atomic E-state index is 12.6. The Kier molecular flexibility index (Phi) is 5.69. The Morgan fingerprint density at radius 3 is 2.62 bits per heavy atom. The lowest BCUT2D eigenvalue weighted by Gasteiger charge is -2.36. The van der Waals surface area contributed by atoms with Gasteiger partial charge in [-0.1, -0.05) is 18.2 Å². The SMILES string of the molecule is COc1ccccc1N1CCN(C(=O)CCc2nnc(-c3ccccn3)o2)CC1. The summed E-state index contributed by atoms with van der Waals surface area (Å²) in [5.74, 6) is 1.78. The number of aromatic nitrogens is 3. The van der Waals surface area contributed by atoms with Crippen LogP contribution in [0, 0.1) is 0 Å². The molecule has 0 N–H and O–H groups in total. The maximum absolute atomic E-state index is 12.6. The molecule has 2 aromatic heterocycles. The van der Waals surface area contributed by atoms with E-state index < -0.39 is 0 Å². The van der Waals surface area contributed by atoms with Gasteiger partial charge in [0.15, 0.2) is 0 Å². The molecule has 4 rings (SSSR count). The predicted octanol–water partition coefficient (Wildman–Crippen LogP) is 2.42. The van der Waals surface area contributed by atoms with Crippen molar-refractivity contribution in [3.05, 3.63) is 54.6 Å². The fourth-order valence-electron chi connectivity index (χ4n) is 3.41. The van der Waals surface area contributed by atoms with E-state index in [1.54, 1.807) is 13.3 Å². The smallest absolute Gasteiger partial charge is 0.266 e. The number of pyridine rings is 1. The zero-order valence-corrected chi connectivity index (χ0v) is 16.3. The Morgan fingerprint density at radius 2 is 1.86 bits per heavy atom. The van der Waals surface area contributed by atoms with Crippen molar-refractivity contribution in [2.24, 2.45) is 0 Å². The number of amides is 1. The highest BCUT2D eigenvalue weighted by Gasteiger charge is 2.23. The molecule has 1 saturated heterocycles. The molecule has 0 spiro atoms. The van der Waals surface area contributed by atoms with Gasteiger partial charge < -0.3 is 19.0 Å². The summed E-state index contributed by atoms with van der Waals surface area (Å²) >= 11 is 0. The van der Waals surface area contributed by atoms with Crippen LogP contribution in [-0.2, 0) is 11.2 Å². The second-order valence-corrected chi connectivity index (χ2v) is 6.76. The van der Waals surface area contributed by atoms with Gasteiger partial charge in [-0.25, -0.2) is 0 Å². The summed E-state index contributed by atoms with van der Waals surface area (Å²) in [5.41, 5.74) is 1.69. The average molecular weight is 393 g/mol. The fraction of sp³-hybridized carbons (Fsp3) is 0.333. The summed E-state index contributed by atoms with van der Waals surface area (Å²) in [6.45, 7) is 2.91. The van der Waals surface area contributed by atoms with Crippen molar-refractivity contribution in [2.75, 3.05) is 38.2 Å². The summed E-state index contributed by atoms with van der Waals surface area (Å²) in [5, 5.41) is 8.05. The minimum Gasteiger partial charge on any atom is -0.495 e. The van der Waals surface area contributed by atoms with E-state index in [2.05, 4.69) is 20.1 Å². The van der Waals surface area contributed by atoms with Crippen LogP contribution in [0.3, 0.4) is 0 Å². The Labute approximate surface area is 169 Å². The minimum atomic E-state index is 0.0993. The molecule has 29 heavy (non-hydrogen) atoms. The Morgan fingerprint density at radius 1 is 1.07 bits per heavy atom. The highest BCUT2D eigenvalue weighted by atomic mass is 16.5. The number of nitrogens with zero attached hydrogens (tertiary/aromatic N) is 5. The number of ether oxygens (including phenoxy) is 1. The van der Waals surface area contributed by atoms with E-state index in [0.29, 0.717) is 43.4 Å². The minimum absolute atomic E-state index is 0.0993. The number of hydrogen-bond donors (Lipinski definition) is 0. The van der Waals surface area contributed by atoms with E-state index in [-0.39, 0.29) is 5.91 Å². The van der Waals surface area contributed by atoms with E-state index in [1.807, 2.05) is 47.4 Å². The number of para-hydroxylation sites is 2. The Hall–Kier alpha value is -3.42. The zero-order valence-electron chi connectivity index (χ0n) is 16.3. The number of methoxy groups -OCH3 is 1. The predicted molar refractivity (Wildman–Crippen MR) is 108 cm³/mol. The number of hydrogen-bond acceptors (Lipinski definition) is 7. The van der Waals surface area contributed by atoms with Gasteiger partial charge >= 0.3 is 0 Å². The summed E-state index contributed by atoms with van der Waals surface area (Å²) in [6.07, 6.45) is 2.44. The summed E-state index contributed by atoms with van der Waals surface area (Å²) in [6, 6.07) is 13.5. The third-order valence-electron chi connectivity index (χ3n) is 4.96. The van der Waals surface area contributed by atoms with Crippen LogP contribution in [0.2, 0.25) is 0 Å². The van der Waals surface area contributed by atoms with Crippen LogP contribution in [0.1, 0.15) is 12.3 Å². The van der Waals surface area contributed by atoms with Crippen LogP contribution >= 0.6 is 0 Å².